The molecule has 0 aromatic carbocycles. The van der Waals surface area contributed by atoms with Crippen LogP contribution in [0, 0.1) is 0 Å². The van der Waals surface area contributed by atoms with E-state index in [0.29, 0.717) is 19.6 Å². The number of nitrogens with one attached hydrogen (secondary N) is 2. The van der Waals surface area contributed by atoms with E-state index in [0.717, 1.165) is 0 Å². The zero-order valence-electron chi connectivity index (χ0n) is 8.31. The van der Waals surface area contributed by atoms with Gasteiger partial charge in [0.1, 0.15) is 0 Å². The van der Waals surface area contributed by atoms with Gasteiger partial charge in [-0.15, -0.1) is 0 Å². The number of hydrogen-bond donors (Lipinski definition) is 2. The summed E-state index contributed by atoms with van der Waals surface area (Å²) in [5.74, 6) is -4.20. The molecule has 1 aliphatic rings. The van der Waals surface area contributed by atoms with Gasteiger partial charge in [-0.1, -0.05) is 0 Å². The fourth-order valence-electron chi connectivity index (χ4n) is 1.16. The minimum atomic E-state index is -4.20. The molecule has 1 unspecified atom stereocenters. The molecule has 0 radical (unpaired) electrons. The molecule has 0 aliphatic carbocycles. The van der Waals surface area contributed by atoms with Crippen molar-refractivity contribution < 1.29 is 27.1 Å². The van der Waals surface area contributed by atoms with Gasteiger partial charge in [0, 0.05) is 6.61 Å². The first-order chi connectivity index (χ1) is 7.42. The molecule has 0 bridgehead atoms. The third-order valence-electron chi connectivity index (χ3n) is 2.07. The molecule has 2 amide bonds. The fourth-order valence-corrected chi connectivity index (χ4v) is 1.16. The molecule has 94 valence electrons. The lowest BCUT2D eigenvalue weighted by atomic mass is 10.3. The molecule has 1 fully saturated rings. The van der Waals surface area contributed by atoms with Crippen LogP contribution in [0.4, 0.5) is 22.4 Å². The average molecular weight is 244 g/mol. The van der Waals surface area contributed by atoms with Gasteiger partial charge in [0.05, 0.1) is 19.2 Å². The lowest BCUT2D eigenvalue weighted by molar-refractivity contribution is -0.123. The summed E-state index contributed by atoms with van der Waals surface area (Å²) in [6.07, 6.45) is -3.21. The Balaban J connectivity index is 2.24. The van der Waals surface area contributed by atoms with Crippen molar-refractivity contribution in [1.82, 2.24) is 10.6 Å². The van der Waals surface area contributed by atoms with Crippen LogP contribution in [-0.2, 0) is 4.74 Å². The minimum absolute atomic E-state index is 0.250. The van der Waals surface area contributed by atoms with Gasteiger partial charge >= 0.3 is 18.4 Å². The Kier molecular flexibility index (Phi) is 4.34. The molecule has 2 N–H and O–H groups in total. The van der Waals surface area contributed by atoms with E-state index in [-0.39, 0.29) is 6.04 Å². The number of rotatable bonds is 4. The van der Waals surface area contributed by atoms with Crippen molar-refractivity contribution in [1.29, 1.82) is 0 Å². The average Bonchev–Trinajstić information content (AvgIpc) is 2.67. The van der Waals surface area contributed by atoms with Gasteiger partial charge in [-0.3, -0.25) is 0 Å². The molecule has 0 saturated carbocycles. The molecule has 0 aromatic rings. The Hall–Kier alpha value is -1.05. The maximum atomic E-state index is 12.4. The van der Waals surface area contributed by atoms with Crippen LogP contribution in [0.3, 0.4) is 0 Å². The van der Waals surface area contributed by atoms with Gasteiger partial charge in [-0.05, 0) is 6.42 Å². The molecule has 0 aromatic heterocycles. The minimum Gasteiger partial charge on any atom is -0.379 e. The van der Waals surface area contributed by atoms with Crippen molar-refractivity contribution in [2.24, 2.45) is 0 Å². The number of carbonyl (C=O) groups excluding carboxylic acids is 1. The second kappa shape index (κ2) is 5.33. The van der Waals surface area contributed by atoms with Gasteiger partial charge in [0.15, 0.2) is 0 Å². The van der Waals surface area contributed by atoms with Crippen molar-refractivity contribution in [3.8, 4) is 0 Å². The summed E-state index contributed by atoms with van der Waals surface area (Å²) in [5.41, 5.74) is 0. The number of amides is 2. The topological polar surface area (TPSA) is 50.4 Å². The van der Waals surface area contributed by atoms with E-state index in [1.54, 1.807) is 5.32 Å². The molecular formula is C8H12F4N2O2. The molecule has 1 atom stereocenters. The van der Waals surface area contributed by atoms with Crippen molar-refractivity contribution >= 4 is 6.03 Å². The third kappa shape index (κ3) is 3.84. The summed E-state index contributed by atoms with van der Waals surface area (Å²) in [5, 5.41) is 4.03. The predicted octanol–water partition coefficient (Wildman–Crippen LogP) is 0.975. The first-order valence-corrected chi connectivity index (χ1v) is 4.70. The number of hydrogen-bond acceptors (Lipinski definition) is 2. The number of halogens is 4. The second-order valence-corrected chi connectivity index (χ2v) is 3.45. The van der Waals surface area contributed by atoms with Crippen LogP contribution >= 0.6 is 0 Å². The molecule has 1 rings (SSSR count). The number of ether oxygens (including phenoxy) is 1. The Morgan fingerprint density at radius 3 is 2.69 bits per heavy atom. The van der Waals surface area contributed by atoms with Crippen molar-refractivity contribution in [3.63, 3.8) is 0 Å². The van der Waals surface area contributed by atoms with Crippen LogP contribution in [0.15, 0.2) is 0 Å². The molecule has 1 aliphatic heterocycles. The van der Waals surface area contributed by atoms with E-state index in [9.17, 15) is 22.4 Å². The predicted molar refractivity (Wildman–Crippen MR) is 46.7 cm³/mol. The van der Waals surface area contributed by atoms with Crippen molar-refractivity contribution in [2.45, 2.75) is 24.8 Å². The largest absolute Gasteiger partial charge is 0.379 e. The lowest BCUT2D eigenvalue weighted by Crippen LogP contribution is -2.48. The quantitative estimate of drug-likeness (QED) is 0.724. The number of carbonyl (C=O) groups is 1. The van der Waals surface area contributed by atoms with Crippen LogP contribution in [0.25, 0.3) is 0 Å². The van der Waals surface area contributed by atoms with E-state index in [1.807, 2.05) is 0 Å². The van der Waals surface area contributed by atoms with E-state index in [1.165, 1.54) is 0 Å². The van der Waals surface area contributed by atoms with E-state index in [4.69, 9.17) is 4.74 Å². The summed E-state index contributed by atoms with van der Waals surface area (Å²) < 4.78 is 53.2. The van der Waals surface area contributed by atoms with E-state index < -0.39 is 24.9 Å². The molecule has 4 nitrogen and oxygen atoms in total. The van der Waals surface area contributed by atoms with Crippen LogP contribution in [-0.4, -0.2) is 44.2 Å². The highest BCUT2D eigenvalue weighted by molar-refractivity contribution is 5.74. The van der Waals surface area contributed by atoms with Gasteiger partial charge in [0.25, 0.3) is 0 Å². The zero-order chi connectivity index (χ0) is 12.2. The van der Waals surface area contributed by atoms with Gasteiger partial charge in [-0.25, -0.2) is 13.6 Å². The SMILES string of the molecule is O=C(NCC(F)(F)C(F)F)NC1CCOC1. The Labute approximate surface area is 89.3 Å². The zero-order valence-corrected chi connectivity index (χ0v) is 8.31. The summed E-state index contributed by atoms with van der Waals surface area (Å²) in [6.45, 7) is -0.596. The number of urea groups is 1. The highest BCUT2D eigenvalue weighted by Crippen LogP contribution is 2.21. The third-order valence-corrected chi connectivity index (χ3v) is 2.07. The first-order valence-electron chi connectivity index (χ1n) is 4.70. The maximum Gasteiger partial charge on any atom is 0.324 e. The lowest BCUT2D eigenvalue weighted by Gasteiger charge is -2.17. The van der Waals surface area contributed by atoms with Gasteiger partial charge < -0.3 is 15.4 Å². The molecular weight excluding hydrogens is 232 g/mol. The molecule has 16 heavy (non-hydrogen) atoms. The van der Waals surface area contributed by atoms with Crippen LogP contribution in [0.5, 0.6) is 0 Å². The van der Waals surface area contributed by atoms with Crippen LogP contribution < -0.4 is 10.6 Å². The summed E-state index contributed by atoms with van der Waals surface area (Å²) in [6, 6.07) is -1.14. The molecule has 8 heteroatoms. The van der Waals surface area contributed by atoms with Crippen molar-refractivity contribution in [2.75, 3.05) is 19.8 Å². The summed E-state index contributed by atoms with van der Waals surface area (Å²) in [7, 11) is 0. The molecule has 0 spiro atoms. The Morgan fingerprint density at radius 2 is 2.19 bits per heavy atom. The molecule has 1 heterocycles. The fraction of sp³-hybridized carbons (Fsp3) is 0.875. The Morgan fingerprint density at radius 1 is 1.50 bits per heavy atom. The van der Waals surface area contributed by atoms with Crippen LogP contribution in [0.1, 0.15) is 6.42 Å². The highest BCUT2D eigenvalue weighted by atomic mass is 19.3. The highest BCUT2D eigenvalue weighted by Gasteiger charge is 2.40. The van der Waals surface area contributed by atoms with Gasteiger partial charge in [0.2, 0.25) is 0 Å². The summed E-state index contributed by atoms with van der Waals surface area (Å²) in [4.78, 5) is 11.0. The normalized spacial score (nSPS) is 21.2. The standard InChI is InChI=1S/C8H12F4N2O2/c9-6(10)8(11,12)4-13-7(15)14-5-1-2-16-3-5/h5-6H,1-4H2,(H2,13,14,15). The monoisotopic (exact) mass is 244 g/mol. The van der Waals surface area contributed by atoms with Crippen molar-refractivity contribution in [3.05, 3.63) is 0 Å². The van der Waals surface area contributed by atoms with E-state index in [2.05, 4.69) is 5.32 Å². The smallest absolute Gasteiger partial charge is 0.324 e. The maximum absolute atomic E-state index is 12.4. The van der Waals surface area contributed by atoms with Gasteiger partial charge in [-0.2, -0.15) is 8.78 Å². The Bertz CT molecular complexity index is 244. The van der Waals surface area contributed by atoms with E-state index >= 15 is 0 Å². The summed E-state index contributed by atoms with van der Waals surface area (Å²) >= 11 is 0. The first kappa shape index (κ1) is 13.0. The number of alkyl halides is 4. The molecule has 1 saturated heterocycles. The van der Waals surface area contributed by atoms with Crippen LogP contribution in [0.2, 0.25) is 0 Å². The second-order valence-electron chi connectivity index (χ2n) is 3.45.